The van der Waals surface area contributed by atoms with Crippen molar-refractivity contribution < 1.29 is 4.74 Å². The van der Waals surface area contributed by atoms with E-state index in [4.69, 9.17) is 21.6 Å². The minimum absolute atomic E-state index is 0.459. The second kappa shape index (κ2) is 7.30. The predicted octanol–water partition coefficient (Wildman–Crippen LogP) is 3.30. The normalized spacial score (nSPS) is 15.2. The van der Waals surface area contributed by atoms with Gasteiger partial charge in [0.15, 0.2) is 0 Å². The van der Waals surface area contributed by atoms with Gasteiger partial charge in [-0.25, -0.2) is 4.98 Å². The van der Waals surface area contributed by atoms with Crippen molar-refractivity contribution in [3.8, 4) is 11.8 Å². The molecule has 2 aromatic heterocycles. The molecule has 2 aromatic rings. The van der Waals surface area contributed by atoms with Crippen LogP contribution >= 0.6 is 11.6 Å². The number of hydrogen-bond acceptors (Lipinski definition) is 5. The lowest BCUT2D eigenvalue weighted by Gasteiger charge is -2.32. The maximum atomic E-state index is 8.94. The number of anilines is 1. The fourth-order valence-corrected chi connectivity index (χ4v) is 2.85. The van der Waals surface area contributed by atoms with Crippen molar-refractivity contribution in [2.45, 2.75) is 12.8 Å². The Kier molecular flexibility index (Phi) is 4.94. The lowest BCUT2D eigenvalue weighted by atomic mass is 9.98. The maximum Gasteiger partial charge on any atom is 0.142 e. The molecule has 1 aliphatic heterocycles. The zero-order valence-corrected chi connectivity index (χ0v) is 13.4. The third-order valence-corrected chi connectivity index (χ3v) is 4.28. The average molecular weight is 329 g/mol. The highest BCUT2D eigenvalue weighted by atomic mass is 35.5. The fraction of sp³-hybridized carbons (Fsp3) is 0.353. The Bertz CT molecular complexity index is 708. The van der Waals surface area contributed by atoms with Crippen molar-refractivity contribution >= 4 is 17.4 Å². The molecule has 0 unspecified atom stereocenters. The minimum Gasteiger partial charge on any atom is -0.492 e. The van der Waals surface area contributed by atoms with Gasteiger partial charge in [0.25, 0.3) is 0 Å². The first-order chi connectivity index (χ1) is 11.3. The van der Waals surface area contributed by atoms with E-state index < -0.39 is 0 Å². The SMILES string of the molecule is N#Cc1cccc(N2CCC(COc3ccncc3Cl)CC2)n1. The van der Waals surface area contributed by atoms with Gasteiger partial charge in [-0.15, -0.1) is 0 Å². The summed E-state index contributed by atoms with van der Waals surface area (Å²) in [5.74, 6) is 2.06. The minimum atomic E-state index is 0.459. The molecular weight excluding hydrogens is 312 g/mol. The van der Waals surface area contributed by atoms with Gasteiger partial charge in [0.2, 0.25) is 0 Å². The van der Waals surface area contributed by atoms with Gasteiger partial charge >= 0.3 is 0 Å². The summed E-state index contributed by atoms with van der Waals surface area (Å²) in [4.78, 5) is 10.5. The highest BCUT2D eigenvalue weighted by Gasteiger charge is 2.21. The van der Waals surface area contributed by atoms with E-state index >= 15 is 0 Å². The number of ether oxygens (including phenoxy) is 1. The topological polar surface area (TPSA) is 62.0 Å². The number of nitrogens with zero attached hydrogens (tertiary/aromatic N) is 4. The molecule has 1 fully saturated rings. The molecule has 3 rings (SSSR count). The largest absolute Gasteiger partial charge is 0.492 e. The van der Waals surface area contributed by atoms with Gasteiger partial charge < -0.3 is 9.64 Å². The van der Waals surface area contributed by atoms with Crippen LogP contribution in [0.3, 0.4) is 0 Å². The fourth-order valence-electron chi connectivity index (χ4n) is 2.68. The molecule has 0 aromatic carbocycles. The van der Waals surface area contributed by atoms with Crippen LogP contribution in [0, 0.1) is 17.2 Å². The highest BCUT2D eigenvalue weighted by Crippen LogP contribution is 2.26. The van der Waals surface area contributed by atoms with E-state index in [0.717, 1.165) is 31.7 Å². The summed E-state index contributed by atoms with van der Waals surface area (Å²) >= 11 is 6.04. The lowest BCUT2D eigenvalue weighted by Crippen LogP contribution is -2.36. The Labute approximate surface area is 140 Å². The first-order valence-electron chi connectivity index (χ1n) is 7.60. The van der Waals surface area contributed by atoms with Gasteiger partial charge in [0.1, 0.15) is 28.4 Å². The van der Waals surface area contributed by atoms with Crippen molar-refractivity contribution in [1.82, 2.24) is 9.97 Å². The second-order valence-corrected chi connectivity index (χ2v) is 5.95. The van der Waals surface area contributed by atoms with Crippen LogP contribution < -0.4 is 9.64 Å². The molecule has 1 saturated heterocycles. The molecule has 0 radical (unpaired) electrons. The Hall–Kier alpha value is -2.32. The Morgan fingerprint density at radius 3 is 2.87 bits per heavy atom. The van der Waals surface area contributed by atoms with Gasteiger partial charge in [0.05, 0.1) is 6.61 Å². The van der Waals surface area contributed by atoms with Crippen LogP contribution in [0.2, 0.25) is 5.02 Å². The summed E-state index contributed by atoms with van der Waals surface area (Å²) in [5, 5.41) is 9.48. The van der Waals surface area contributed by atoms with Crippen LogP contribution in [0.1, 0.15) is 18.5 Å². The summed E-state index contributed by atoms with van der Waals surface area (Å²) in [6.07, 6.45) is 5.33. The molecular formula is C17H17ClN4O. The smallest absolute Gasteiger partial charge is 0.142 e. The van der Waals surface area contributed by atoms with Gasteiger partial charge in [-0.2, -0.15) is 5.26 Å². The van der Waals surface area contributed by atoms with Gasteiger partial charge in [-0.1, -0.05) is 17.7 Å². The number of halogens is 1. The van der Waals surface area contributed by atoms with Crippen LogP contribution in [-0.2, 0) is 0 Å². The predicted molar refractivity (Wildman–Crippen MR) is 88.6 cm³/mol. The number of nitriles is 1. The lowest BCUT2D eigenvalue weighted by molar-refractivity contribution is 0.222. The number of hydrogen-bond donors (Lipinski definition) is 0. The van der Waals surface area contributed by atoms with Gasteiger partial charge in [0, 0.05) is 31.5 Å². The highest BCUT2D eigenvalue weighted by molar-refractivity contribution is 6.31. The molecule has 0 atom stereocenters. The third-order valence-electron chi connectivity index (χ3n) is 4.00. The molecule has 5 nitrogen and oxygen atoms in total. The quantitative estimate of drug-likeness (QED) is 0.861. The zero-order valence-electron chi connectivity index (χ0n) is 12.7. The molecule has 0 aliphatic carbocycles. The zero-order chi connectivity index (χ0) is 16.1. The van der Waals surface area contributed by atoms with E-state index in [9.17, 15) is 0 Å². The molecule has 1 aliphatic rings. The molecule has 0 amide bonds. The van der Waals surface area contributed by atoms with E-state index in [1.54, 1.807) is 24.5 Å². The van der Waals surface area contributed by atoms with E-state index in [1.807, 2.05) is 12.1 Å². The molecule has 118 valence electrons. The van der Waals surface area contributed by atoms with Crippen molar-refractivity contribution in [2.75, 3.05) is 24.6 Å². The van der Waals surface area contributed by atoms with Gasteiger partial charge in [-0.05, 0) is 30.9 Å². The van der Waals surface area contributed by atoms with Gasteiger partial charge in [-0.3, -0.25) is 4.98 Å². The van der Waals surface area contributed by atoms with Crippen molar-refractivity contribution in [3.63, 3.8) is 0 Å². The standard InChI is InChI=1S/C17H17ClN4O/c18-15-11-20-7-4-16(15)23-12-13-5-8-22(9-6-13)17-3-1-2-14(10-19)21-17/h1-4,7,11,13H,5-6,8-9,12H2. The summed E-state index contributed by atoms with van der Waals surface area (Å²) in [5.41, 5.74) is 0.459. The maximum absolute atomic E-state index is 8.94. The van der Waals surface area contributed by atoms with E-state index in [2.05, 4.69) is 20.9 Å². The Morgan fingerprint density at radius 2 is 2.13 bits per heavy atom. The molecule has 0 bridgehead atoms. The molecule has 0 spiro atoms. The molecule has 3 heterocycles. The first kappa shape index (κ1) is 15.6. The van der Waals surface area contributed by atoms with Crippen LogP contribution in [-0.4, -0.2) is 29.7 Å². The van der Waals surface area contributed by atoms with Crippen LogP contribution in [0.4, 0.5) is 5.82 Å². The van der Waals surface area contributed by atoms with Crippen LogP contribution in [0.15, 0.2) is 36.7 Å². The monoisotopic (exact) mass is 328 g/mol. The van der Waals surface area contributed by atoms with Crippen LogP contribution in [0.5, 0.6) is 5.75 Å². The average Bonchev–Trinajstić information content (AvgIpc) is 2.61. The summed E-state index contributed by atoms with van der Waals surface area (Å²) < 4.78 is 5.80. The van der Waals surface area contributed by atoms with Crippen molar-refractivity contribution in [3.05, 3.63) is 47.4 Å². The molecule has 0 N–H and O–H groups in total. The van der Waals surface area contributed by atoms with Crippen LogP contribution in [0.25, 0.3) is 0 Å². The summed E-state index contributed by atoms with van der Waals surface area (Å²) in [6.45, 7) is 2.49. The van der Waals surface area contributed by atoms with Crippen molar-refractivity contribution in [2.24, 2.45) is 5.92 Å². The molecule has 0 saturated carbocycles. The Morgan fingerprint density at radius 1 is 1.30 bits per heavy atom. The number of pyridine rings is 2. The summed E-state index contributed by atoms with van der Waals surface area (Å²) in [6, 6.07) is 9.42. The Balaban J connectivity index is 1.52. The molecule has 6 heteroatoms. The molecule has 23 heavy (non-hydrogen) atoms. The van der Waals surface area contributed by atoms with E-state index in [0.29, 0.717) is 29.0 Å². The second-order valence-electron chi connectivity index (χ2n) is 5.54. The number of aromatic nitrogens is 2. The van der Waals surface area contributed by atoms with E-state index in [1.165, 1.54) is 0 Å². The number of rotatable bonds is 4. The van der Waals surface area contributed by atoms with Crippen molar-refractivity contribution in [1.29, 1.82) is 5.26 Å². The summed E-state index contributed by atoms with van der Waals surface area (Å²) in [7, 11) is 0. The number of piperidine rings is 1. The first-order valence-corrected chi connectivity index (χ1v) is 7.98. The third kappa shape index (κ3) is 3.91. The van der Waals surface area contributed by atoms with E-state index in [-0.39, 0.29) is 0 Å².